The fourth-order valence-corrected chi connectivity index (χ4v) is 3.99. The number of esters is 1. The number of carbonyl (C=O) groups is 2. The third-order valence-electron chi connectivity index (χ3n) is 3.22. The first-order chi connectivity index (χ1) is 11.6. The fraction of sp³-hybridized carbons (Fsp3) is 0.353. The maximum Gasteiger partial charge on any atom is 0.339 e. The number of amides is 1. The number of thioether (sulfide) groups is 2. The predicted molar refractivity (Wildman–Crippen MR) is 101 cm³/mol. The number of carbonyl (C=O) groups excluding carboxylic acids is 2. The van der Waals surface area contributed by atoms with E-state index in [0.29, 0.717) is 17.9 Å². The van der Waals surface area contributed by atoms with Gasteiger partial charge in [0.05, 0.1) is 12.1 Å². The second kappa shape index (κ2) is 9.54. The molecule has 24 heavy (non-hydrogen) atoms. The number of nitrogens with zero attached hydrogens (tertiary/aromatic N) is 1. The van der Waals surface area contributed by atoms with Gasteiger partial charge in [0.1, 0.15) is 4.38 Å². The minimum atomic E-state index is -0.854. The van der Waals surface area contributed by atoms with Gasteiger partial charge in [-0.25, -0.2) is 4.79 Å². The van der Waals surface area contributed by atoms with E-state index in [1.807, 2.05) is 12.1 Å². The van der Waals surface area contributed by atoms with E-state index in [2.05, 4.69) is 16.9 Å². The molecule has 1 heterocycles. The highest BCUT2D eigenvalue weighted by molar-refractivity contribution is 8.38. The second-order valence-electron chi connectivity index (χ2n) is 5.02. The number of hydrogen-bond donors (Lipinski definition) is 1. The van der Waals surface area contributed by atoms with Gasteiger partial charge in [0, 0.05) is 18.1 Å². The molecule has 1 aromatic carbocycles. The largest absolute Gasteiger partial charge is 0.449 e. The Hall–Kier alpha value is -1.73. The van der Waals surface area contributed by atoms with Crippen LogP contribution < -0.4 is 5.32 Å². The predicted octanol–water partition coefficient (Wildman–Crippen LogP) is 2.87. The number of hydrogen-bond acceptors (Lipinski definition) is 6. The molecule has 1 aliphatic heterocycles. The van der Waals surface area contributed by atoms with Gasteiger partial charge in [-0.15, -0.1) is 6.58 Å². The number of rotatable bonds is 7. The van der Waals surface area contributed by atoms with Crippen LogP contribution in [0, 0.1) is 0 Å². The minimum absolute atomic E-state index is 0.341. The maximum atomic E-state index is 12.4. The number of ether oxygens (including phenoxy) is 1. The van der Waals surface area contributed by atoms with E-state index in [0.717, 1.165) is 22.2 Å². The maximum absolute atomic E-state index is 12.4. The lowest BCUT2D eigenvalue weighted by Gasteiger charge is -2.14. The molecular weight excluding hydrogens is 344 g/mol. The molecule has 0 radical (unpaired) electrons. The number of benzene rings is 1. The van der Waals surface area contributed by atoms with E-state index in [9.17, 15) is 9.59 Å². The van der Waals surface area contributed by atoms with Crippen LogP contribution in [0.25, 0.3) is 0 Å². The smallest absolute Gasteiger partial charge is 0.339 e. The summed E-state index contributed by atoms with van der Waals surface area (Å²) in [6.45, 7) is 6.28. The molecule has 0 saturated carbocycles. The van der Waals surface area contributed by atoms with Crippen molar-refractivity contribution in [1.29, 1.82) is 0 Å². The van der Waals surface area contributed by atoms with Gasteiger partial charge in [0.2, 0.25) is 0 Å². The molecule has 0 fully saturated rings. The molecule has 0 bridgehead atoms. The molecule has 0 aliphatic carbocycles. The SMILES string of the molecule is C=CCNC(=O)[C@H](C)OC(=O)c1ccccc1CSC1=NCCS1. The third kappa shape index (κ3) is 5.42. The van der Waals surface area contributed by atoms with Crippen molar-refractivity contribution in [3.8, 4) is 0 Å². The van der Waals surface area contributed by atoms with Gasteiger partial charge in [0.25, 0.3) is 5.91 Å². The summed E-state index contributed by atoms with van der Waals surface area (Å²) in [6, 6.07) is 7.29. The zero-order valence-electron chi connectivity index (χ0n) is 13.5. The topological polar surface area (TPSA) is 67.8 Å². The zero-order chi connectivity index (χ0) is 17.4. The Morgan fingerprint density at radius 2 is 2.29 bits per heavy atom. The van der Waals surface area contributed by atoms with Crippen LogP contribution in [0.4, 0.5) is 0 Å². The first-order valence-corrected chi connectivity index (χ1v) is 9.56. The van der Waals surface area contributed by atoms with Crippen molar-refractivity contribution in [2.24, 2.45) is 4.99 Å². The Kier molecular flexibility index (Phi) is 7.39. The standard InChI is InChI=1S/C17H20N2O3S2/c1-3-8-18-15(20)12(2)22-16(21)14-7-5-4-6-13(14)11-24-17-19-9-10-23-17/h3-7,12H,1,8-11H2,2H3,(H,18,20)/t12-/m0/s1. The lowest BCUT2D eigenvalue weighted by Crippen LogP contribution is -2.36. The van der Waals surface area contributed by atoms with Gasteiger partial charge in [-0.3, -0.25) is 9.79 Å². The number of nitrogens with one attached hydrogen (secondary N) is 1. The highest BCUT2D eigenvalue weighted by atomic mass is 32.2. The summed E-state index contributed by atoms with van der Waals surface area (Å²) < 4.78 is 6.33. The molecule has 1 aromatic rings. The van der Waals surface area contributed by atoms with Crippen LogP contribution in [-0.4, -0.2) is 41.2 Å². The van der Waals surface area contributed by atoms with E-state index >= 15 is 0 Å². The van der Waals surface area contributed by atoms with Crippen LogP contribution in [0.3, 0.4) is 0 Å². The fourth-order valence-electron chi connectivity index (χ4n) is 1.98. The van der Waals surface area contributed by atoms with Crippen molar-refractivity contribution in [3.05, 3.63) is 48.0 Å². The first kappa shape index (κ1) is 18.6. The molecule has 1 atom stereocenters. The molecule has 0 spiro atoms. The highest BCUT2D eigenvalue weighted by Crippen LogP contribution is 2.26. The van der Waals surface area contributed by atoms with Crippen molar-refractivity contribution in [2.45, 2.75) is 18.8 Å². The van der Waals surface area contributed by atoms with Crippen LogP contribution in [0.2, 0.25) is 0 Å². The molecule has 2 rings (SSSR count). The van der Waals surface area contributed by atoms with Crippen molar-refractivity contribution in [2.75, 3.05) is 18.8 Å². The first-order valence-electron chi connectivity index (χ1n) is 7.59. The van der Waals surface area contributed by atoms with Gasteiger partial charge < -0.3 is 10.1 Å². The Labute approximate surface area is 150 Å². The van der Waals surface area contributed by atoms with Gasteiger partial charge >= 0.3 is 5.97 Å². The van der Waals surface area contributed by atoms with Crippen LogP contribution >= 0.6 is 23.5 Å². The van der Waals surface area contributed by atoms with Crippen molar-refractivity contribution in [3.63, 3.8) is 0 Å². The Balaban J connectivity index is 1.98. The molecule has 0 unspecified atom stereocenters. The molecule has 1 amide bonds. The van der Waals surface area contributed by atoms with Crippen LogP contribution in [0.15, 0.2) is 41.9 Å². The molecule has 1 aliphatic rings. The van der Waals surface area contributed by atoms with E-state index in [1.54, 1.807) is 48.7 Å². The molecule has 0 saturated heterocycles. The summed E-state index contributed by atoms with van der Waals surface area (Å²) >= 11 is 3.35. The molecule has 5 nitrogen and oxygen atoms in total. The average Bonchev–Trinajstić information content (AvgIpc) is 3.11. The van der Waals surface area contributed by atoms with Crippen LogP contribution in [0.1, 0.15) is 22.8 Å². The number of aliphatic imine (C=N–C) groups is 1. The normalized spacial score (nSPS) is 14.6. The summed E-state index contributed by atoms with van der Waals surface area (Å²) in [4.78, 5) is 28.6. The van der Waals surface area contributed by atoms with E-state index < -0.39 is 12.1 Å². The lowest BCUT2D eigenvalue weighted by molar-refractivity contribution is -0.128. The highest BCUT2D eigenvalue weighted by Gasteiger charge is 2.20. The van der Waals surface area contributed by atoms with Crippen molar-refractivity contribution in [1.82, 2.24) is 5.32 Å². The molecule has 7 heteroatoms. The van der Waals surface area contributed by atoms with E-state index in [-0.39, 0.29) is 5.91 Å². The zero-order valence-corrected chi connectivity index (χ0v) is 15.1. The van der Waals surface area contributed by atoms with Gasteiger partial charge in [0.15, 0.2) is 6.10 Å². The van der Waals surface area contributed by atoms with Crippen LogP contribution in [-0.2, 0) is 15.3 Å². The third-order valence-corrected chi connectivity index (χ3v) is 5.52. The Morgan fingerprint density at radius 3 is 3.00 bits per heavy atom. The molecule has 0 aromatic heterocycles. The second-order valence-corrected chi connectivity index (χ2v) is 7.33. The molecule has 128 valence electrons. The lowest BCUT2D eigenvalue weighted by atomic mass is 10.1. The van der Waals surface area contributed by atoms with Crippen molar-refractivity contribution >= 4 is 39.8 Å². The van der Waals surface area contributed by atoms with Gasteiger partial charge in [-0.2, -0.15) is 0 Å². The molecular formula is C17H20N2O3S2. The summed E-state index contributed by atoms with van der Waals surface area (Å²) in [7, 11) is 0. The summed E-state index contributed by atoms with van der Waals surface area (Å²) in [5.41, 5.74) is 1.36. The minimum Gasteiger partial charge on any atom is -0.449 e. The quantitative estimate of drug-likeness (QED) is 0.595. The Bertz CT molecular complexity index is 646. The summed E-state index contributed by atoms with van der Waals surface area (Å²) in [5.74, 6) is 0.831. The summed E-state index contributed by atoms with van der Waals surface area (Å²) in [5, 5.41) is 2.61. The monoisotopic (exact) mass is 364 g/mol. The van der Waals surface area contributed by atoms with E-state index in [1.165, 1.54) is 0 Å². The average molecular weight is 364 g/mol. The van der Waals surface area contributed by atoms with Gasteiger partial charge in [-0.05, 0) is 18.6 Å². The van der Waals surface area contributed by atoms with Gasteiger partial charge in [-0.1, -0.05) is 47.8 Å². The molecule has 1 N–H and O–H groups in total. The van der Waals surface area contributed by atoms with Crippen LogP contribution in [0.5, 0.6) is 0 Å². The van der Waals surface area contributed by atoms with E-state index in [4.69, 9.17) is 4.74 Å². The summed E-state index contributed by atoms with van der Waals surface area (Å²) in [6.07, 6.45) is 0.718. The van der Waals surface area contributed by atoms with Crippen molar-refractivity contribution < 1.29 is 14.3 Å². The Morgan fingerprint density at radius 1 is 1.50 bits per heavy atom.